The van der Waals surface area contributed by atoms with Crippen LogP contribution in [0.3, 0.4) is 0 Å². The van der Waals surface area contributed by atoms with Crippen molar-refractivity contribution < 1.29 is 52.7 Å². The molecule has 0 aliphatic rings. The van der Waals surface area contributed by atoms with E-state index in [1.165, 1.54) is 101 Å². The molecule has 420 valence electrons. The first-order valence-electron chi connectivity index (χ1n) is 24.7. The van der Waals surface area contributed by atoms with Crippen LogP contribution in [0.25, 0.3) is 0 Å². The van der Waals surface area contributed by atoms with Crippen LogP contribution in [0.1, 0.15) is 100 Å². The minimum Gasteiger partial charge on any atom is -0.207 e. The molecule has 0 aromatic heterocycles. The van der Waals surface area contributed by atoms with Gasteiger partial charge in [-0.3, -0.25) is 0 Å². The summed E-state index contributed by atoms with van der Waals surface area (Å²) in [6.07, 6.45) is 0. The Hall–Kier alpha value is -7.08. The van der Waals surface area contributed by atoms with Gasteiger partial charge in [-0.25, -0.2) is 52.7 Å². The van der Waals surface area contributed by atoms with Crippen molar-refractivity contribution >= 4 is 0 Å². The Labute approximate surface area is 454 Å². The number of benzene rings is 8. The van der Waals surface area contributed by atoms with E-state index in [-0.39, 0.29) is 33.9 Å². The molecule has 0 unspecified atom stereocenters. The summed E-state index contributed by atoms with van der Waals surface area (Å²) >= 11 is 0. The maximum atomic E-state index is 13.0. The summed E-state index contributed by atoms with van der Waals surface area (Å²) in [5.41, 5.74) is 10.7. The van der Waals surface area contributed by atoms with Gasteiger partial charge in [0.15, 0.2) is 11.6 Å². The van der Waals surface area contributed by atoms with E-state index in [1.807, 2.05) is 26.0 Å². The zero-order valence-electron chi connectivity index (χ0n) is 47.9. The van der Waals surface area contributed by atoms with Crippen LogP contribution in [0, 0.1) is 194 Å². The highest BCUT2D eigenvalue weighted by Gasteiger charge is 2.11. The van der Waals surface area contributed by atoms with Crippen LogP contribution in [-0.2, 0) is 0 Å². The lowest BCUT2D eigenvalue weighted by Crippen LogP contribution is -1.95. The second kappa shape index (κ2) is 32.6. The van der Waals surface area contributed by atoms with Gasteiger partial charge >= 0.3 is 0 Å². The van der Waals surface area contributed by atoms with Crippen LogP contribution in [0.15, 0.2) is 109 Å². The number of rotatable bonds is 0. The summed E-state index contributed by atoms with van der Waals surface area (Å²) in [6, 6.07) is 30.0. The molecular weight excluding hydrogens is 1020 g/mol. The van der Waals surface area contributed by atoms with Gasteiger partial charge in [0.2, 0.25) is 0 Å². The summed E-state index contributed by atoms with van der Waals surface area (Å²) in [7, 11) is 0. The molecular formula is C66H72F12. The molecule has 0 nitrogen and oxygen atoms in total. The highest BCUT2D eigenvalue weighted by atomic mass is 19.2. The molecule has 8 aromatic carbocycles. The predicted molar refractivity (Wildman–Crippen MR) is 296 cm³/mol. The molecule has 8 rings (SSSR count). The van der Waals surface area contributed by atoms with Crippen LogP contribution < -0.4 is 0 Å². The van der Waals surface area contributed by atoms with Crippen molar-refractivity contribution in [2.45, 2.75) is 125 Å². The van der Waals surface area contributed by atoms with E-state index in [2.05, 4.69) is 38.1 Å². The normalized spacial score (nSPS) is 9.92. The molecule has 0 atom stereocenters. The first-order valence-corrected chi connectivity index (χ1v) is 24.7. The van der Waals surface area contributed by atoms with Gasteiger partial charge in [-0.2, -0.15) is 0 Å². The average molecular weight is 1090 g/mol. The second-order valence-corrected chi connectivity index (χ2v) is 19.2. The van der Waals surface area contributed by atoms with Gasteiger partial charge in [-0.1, -0.05) is 71.8 Å². The Morgan fingerprint density at radius 1 is 0.167 bits per heavy atom. The summed E-state index contributed by atoms with van der Waals surface area (Å²) in [6.45, 7) is 30.3. The van der Waals surface area contributed by atoms with Crippen molar-refractivity contribution in [3.8, 4) is 0 Å². The summed E-state index contributed by atoms with van der Waals surface area (Å²) in [5, 5.41) is 0. The van der Waals surface area contributed by atoms with Crippen LogP contribution in [-0.4, -0.2) is 0 Å². The first kappa shape index (κ1) is 68.9. The van der Waals surface area contributed by atoms with Crippen LogP contribution >= 0.6 is 0 Å². The van der Waals surface area contributed by atoms with E-state index in [0.29, 0.717) is 55.6 Å². The van der Waals surface area contributed by atoms with Gasteiger partial charge in [0.1, 0.15) is 58.2 Å². The summed E-state index contributed by atoms with van der Waals surface area (Å²) in [4.78, 5) is 0. The average Bonchev–Trinajstić information content (AvgIpc) is 3.37. The van der Waals surface area contributed by atoms with Crippen LogP contribution in [0.4, 0.5) is 52.7 Å². The minimum absolute atomic E-state index is 0.0885. The fourth-order valence-electron chi connectivity index (χ4n) is 6.25. The second-order valence-electron chi connectivity index (χ2n) is 19.2. The van der Waals surface area contributed by atoms with E-state index >= 15 is 0 Å². The van der Waals surface area contributed by atoms with Crippen molar-refractivity contribution in [3.05, 3.63) is 279 Å². The Morgan fingerprint density at radius 3 is 0.628 bits per heavy atom. The Bertz CT molecular complexity index is 2910. The molecule has 0 saturated carbocycles. The SMILES string of the molecule is Cc1cc(F)c(C)c(F)c1.Cc1cc(F)c(C)c(F)c1.Cc1cc(F)c(C)c(F)c1C.Cc1cc(F)c(C)c(F)c1C.Cc1ccc(C)c(F)c1.Cc1ccc(C)c(F)c1.Cc1ccc(C)c(F)c1F.Cc1ccc(C)cc1. The van der Waals surface area contributed by atoms with Crippen LogP contribution in [0.2, 0.25) is 0 Å². The molecule has 0 radical (unpaired) electrons. The molecule has 0 heterocycles. The van der Waals surface area contributed by atoms with Crippen molar-refractivity contribution in [3.63, 3.8) is 0 Å². The largest absolute Gasteiger partial charge is 0.207 e. The first-order chi connectivity index (χ1) is 36.1. The number of halogens is 12. The topological polar surface area (TPSA) is 0 Å². The van der Waals surface area contributed by atoms with Gasteiger partial charge in [0.05, 0.1) is 0 Å². The van der Waals surface area contributed by atoms with Gasteiger partial charge in [0, 0.05) is 22.3 Å². The van der Waals surface area contributed by atoms with Gasteiger partial charge in [-0.15, -0.1) is 0 Å². The van der Waals surface area contributed by atoms with Crippen molar-refractivity contribution in [2.24, 2.45) is 0 Å². The van der Waals surface area contributed by atoms with Gasteiger partial charge in [-0.05, 0) is 240 Å². The van der Waals surface area contributed by atoms with Crippen molar-refractivity contribution in [1.82, 2.24) is 0 Å². The zero-order valence-corrected chi connectivity index (χ0v) is 47.9. The van der Waals surface area contributed by atoms with E-state index < -0.39 is 58.2 Å². The van der Waals surface area contributed by atoms with E-state index in [4.69, 9.17) is 0 Å². The highest BCUT2D eigenvalue weighted by molar-refractivity contribution is 5.34. The summed E-state index contributed by atoms with van der Waals surface area (Å²) < 4.78 is 152. The van der Waals surface area contributed by atoms with E-state index in [1.54, 1.807) is 79.7 Å². The molecule has 8 aromatic rings. The molecule has 0 fully saturated rings. The zero-order chi connectivity index (χ0) is 60.0. The van der Waals surface area contributed by atoms with E-state index in [0.717, 1.165) is 11.1 Å². The fraction of sp³-hybridized carbons (Fsp3) is 0.273. The van der Waals surface area contributed by atoms with Gasteiger partial charge < -0.3 is 0 Å². The van der Waals surface area contributed by atoms with Crippen molar-refractivity contribution in [2.75, 3.05) is 0 Å². The van der Waals surface area contributed by atoms with Gasteiger partial charge in [0.25, 0.3) is 0 Å². The fourth-order valence-corrected chi connectivity index (χ4v) is 6.25. The maximum absolute atomic E-state index is 13.0. The molecule has 0 aliphatic heterocycles. The lowest BCUT2D eigenvalue weighted by atomic mass is 10.1. The molecule has 0 amide bonds. The Balaban J connectivity index is 0.000000446. The third kappa shape index (κ3) is 22.9. The van der Waals surface area contributed by atoms with Crippen LogP contribution in [0.5, 0.6) is 0 Å². The Kier molecular flexibility index (Phi) is 28.8. The third-order valence-electron chi connectivity index (χ3n) is 12.1. The number of hydrogen-bond donors (Lipinski definition) is 0. The minimum atomic E-state index is -0.736. The maximum Gasteiger partial charge on any atom is 0.161 e. The number of aryl methyl sites for hydroxylation is 12. The molecule has 0 aliphatic carbocycles. The molecule has 12 heteroatoms. The summed E-state index contributed by atoms with van der Waals surface area (Å²) in [5.74, 6) is -5.39. The quantitative estimate of drug-likeness (QED) is 0.133. The Morgan fingerprint density at radius 2 is 0.385 bits per heavy atom. The standard InChI is InChI=1S/2C9H10F2.3C8H8F2.2C8H9F.C8H10/c2*1-5-4-8(10)7(3)9(11)6(5)2;2*1-5-3-7(9)6(2)8(10)4-5;1-5-3-4-6(2)8(10)7(5)9;2*1-6-3-4-7(2)8(9)5-6;1-7-3-5-8(2)6-4-7/h2*4H,1-3H3;3*3-4H,1-2H3;2*3-5H,1-2H3;3-6H,1-2H3. The molecule has 78 heavy (non-hydrogen) atoms. The highest BCUT2D eigenvalue weighted by Crippen LogP contribution is 2.21. The molecule has 0 bridgehead atoms. The lowest BCUT2D eigenvalue weighted by Gasteiger charge is -2.04. The number of hydrogen-bond acceptors (Lipinski definition) is 0. The molecule has 0 saturated heterocycles. The smallest absolute Gasteiger partial charge is 0.161 e. The predicted octanol–water partition coefficient (Wildman–Crippen LogP) is 20.7. The third-order valence-corrected chi connectivity index (χ3v) is 12.1. The van der Waals surface area contributed by atoms with E-state index in [9.17, 15) is 52.7 Å². The molecule has 0 N–H and O–H groups in total. The van der Waals surface area contributed by atoms with Crippen molar-refractivity contribution in [1.29, 1.82) is 0 Å². The molecule has 0 spiro atoms. The monoisotopic (exact) mass is 1090 g/mol. The lowest BCUT2D eigenvalue weighted by molar-refractivity contribution is 0.497.